The highest BCUT2D eigenvalue weighted by atomic mass is 16.5. The van der Waals surface area contributed by atoms with Crippen LogP contribution in [0.3, 0.4) is 0 Å². The van der Waals surface area contributed by atoms with Crippen molar-refractivity contribution >= 4 is 29.1 Å². The van der Waals surface area contributed by atoms with Gasteiger partial charge in [-0.15, -0.1) is 0 Å². The Balaban J connectivity index is 1.76. The van der Waals surface area contributed by atoms with Crippen LogP contribution in [-0.2, 0) is 6.42 Å². The molecule has 1 aromatic heterocycles. The third kappa shape index (κ3) is 5.87. The van der Waals surface area contributed by atoms with Gasteiger partial charge in [0.15, 0.2) is 11.3 Å². The van der Waals surface area contributed by atoms with Gasteiger partial charge >= 0.3 is 5.97 Å². The summed E-state index contributed by atoms with van der Waals surface area (Å²) < 4.78 is 28.5. The van der Waals surface area contributed by atoms with E-state index in [0.717, 1.165) is 40.7 Å². The highest BCUT2D eigenvalue weighted by molar-refractivity contribution is 5.97. The highest BCUT2D eigenvalue weighted by Crippen LogP contribution is 2.40. The van der Waals surface area contributed by atoms with Crippen LogP contribution in [0.2, 0.25) is 0 Å². The van der Waals surface area contributed by atoms with E-state index in [4.69, 9.17) is 23.4 Å². The average molecular weight is 531 g/mol. The van der Waals surface area contributed by atoms with E-state index in [1.54, 1.807) is 25.3 Å². The maximum absolute atomic E-state index is 12.0. The van der Waals surface area contributed by atoms with Crippen molar-refractivity contribution in [2.24, 2.45) is 0 Å². The molecule has 0 aliphatic rings. The molecule has 3 aromatic carbocycles. The smallest absolute Gasteiger partial charge is 0.340 e. The van der Waals surface area contributed by atoms with Crippen LogP contribution < -0.4 is 18.9 Å². The number of carboxylic acids is 1. The van der Waals surface area contributed by atoms with Gasteiger partial charge < -0.3 is 28.5 Å². The number of ether oxygens (including phenoxy) is 4. The molecule has 204 valence electrons. The van der Waals surface area contributed by atoms with Crippen LogP contribution in [-0.4, -0.2) is 38.5 Å². The van der Waals surface area contributed by atoms with Crippen LogP contribution >= 0.6 is 0 Å². The summed E-state index contributed by atoms with van der Waals surface area (Å²) in [6, 6.07) is 15.2. The Labute approximate surface area is 228 Å². The van der Waals surface area contributed by atoms with Crippen molar-refractivity contribution in [1.29, 1.82) is 0 Å². The van der Waals surface area contributed by atoms with E-state index in [0.29, 0.717) is 28.4 Å². The molecule has 0 aliphatic carbocycles. The summed E-state index contributed by atoms with van der Waals surface area (Å²) >= 11 is 0. The molecule has 0 radical (unpaired) electrons. The molecule has 0 aliphatic heterocycles. The number of benzene rings is 3. The Kier molecular flexibility index (Phi) is 8.49. The monoisotopic (exact) mass is 530 g/mol. The number of aryl methyl sites for hydroxylation is 1. The van der Waals surface area contributed by atoms with Gasteiger partial charge in [0.2, 0.25) is 5.75 Å². The zero-order valence-corrected chi connectivity index (χ0v) is 23.2. The van der Waals surface area contributed by atoms with Crippen molar-refractivity contribution in [1.82, 2.24) is 0 Å². The Morgan fingerprint density at radius 1 is 0.923 bits per heavy atom. The molecule has 0 fully saturated rings. The molecule has 7 nitrogen and oxygen atoms in total. The minimum atomic E-state index is -1.07. The second-order valence-corrected chi connectivity index (χ2v) is 9.39. The molecule has 39 heavy (non-hydrogen) atoms. The predicted molar refractivity (Wildman–Crippen MR) is 153 cm³/mol. The second kappa shape index (κ2) is 12.0. The van der Waals surface area contributed by atoms with Gasteiger partial charge in [0.25, 0.3) is 0 Å². The Hall–Kier alpha value is -4.39. The Morgan fingerprint density at radius 2 is 1.67 bits per heavy atom. The summed E-state index contributed by atoms with van der Waals surface area (Å²) in [5.41, 5.74) is 4.27. The average Bonchev–Trinajstić information content (AvgIpc) is 3.36. The quantitative estimate of drug-likeness (QED) is 0.199. The fourth-order valence-corrected chi connectivity index (χ4v) is 4.55. The lowest BCUT2D eigenvalue weighted by Crippen LogP contribution is -2.06. The summed E-state index contributed by atoms with van der Waals surface area (Å²) in [5.74, 6) is 1.63. The number of carbonyl (C=O) groups is 1. The molecule has 1 N–H and O–H groups in total. The van der Waals surface area contributed by atoms with Gasteiger partial charge in [0, 0.05) is 17.0 Å². The fraction of sp³-hybridized carbons (Fsp3) is 0.281. The van der Waals surface area contributed by atoms with Crippen molar-refractivity contribution in [3.05, 3.63) is 70.8 Å². The predicted octanol–water partition coefficient (Wildman–Crippen LogP) is 7.73. The molecular formula is C32H34O7. The second-order valence-electron chi connectivity index (χ2n) is 9.39. The minimum absolute atomic E-state index is 0.0357. The largest absolute Gasteiger partial charge is 0.497 e. The van der Waals surface area contributed by atoms with Crippen LogP contribution in [0.4, 0.5) is 0 Å². The van der Waals surface area contributed by atoms with Gasteiger partial charge in [-0.25, -0.2) is 4.79 Å². The topological polar surface area (TPSA) is 87.4 Å². The van der Waals surface area contributed by atoms with Crippen LogP contribution in [0.25, 0.3) is 34.4 Å². The molecule has 4 aromatic rings. The number of hydrogen-bond donors (Lipinski definition) is 1. The van der Waals surface area contributed by atoms with E-state index < -0.39 is 5.97 Å². The first-order valence-electron chi connectivity index (χ1n) is 12.9. The van der Waals surface area contributed by atoms with Crippen LogP contribution in [0, 0.1) is 0 Å². The molecule has 0 saturated carbocycles. The number of methoxy groups -OCH3 is 3. The molecule has 4 rings (SSSR count). The number of rotatable bonds is 11. The number of hydrogen-bond acceptors (Lipinski definition) is 6. The van der Waals surface area contributed by atoms with Crippen LogP contribution in [0.1, 0.15) is 54.2 Å². The van der Waals surface area contributed by atoms with Gasteiger partial charge in [0.05, 0.1) is 27.4 Å². The minimum Gasteiger partial charge on any atom is -0.497 e. The van der Waals surface area contributed by atoms with Gasteiger partial charge in [0.1, 0.15) is 22.8 Å². The molecule has 1 heterocycles. The zero-order valence-electron chi connectivity index (χ0n) is 23.2. The first-order chi connectivity index (χ1) is 18.8. The van der Waals surface area contributed by atoms with Crippen molar-refractivity contribution in [2.45, 2.75) is 39.7 Å². The molecule has 0 atom stereocenters. The van der Waals surface area contributed by atoms with E-state index in [-0.39, 0.29) is 17.4 Å². The molecule has 0 spiro atoms. The van der Waals surface area contributed by atoms with Crippen LogP contribution in [0.15, 0.2) is 52.9 Å². The number of fused-ring (bicyclic) bond motifs is 1. The van der Waals surface area contributed by atoms with Crippen molar-refractivity contribution in [2.75, 3.05) is 21.3 Å². The SMILES string of the molecule is CCCc1cc(-c2cc3ccc(OC)c(OC(C)C)c3o2)ccc1C=Cc1cc(OC)cc(OC)c1C(=O)O. The van der Waals surface area contributed by atoms with E-state index in [2.05, 4.69) is 13.0 Å². The normalized spacial score (nSPS) is 11.4. The van der Waals surface area contributed by atoms with E-state index >= 15 is 0 Å². The van der Waals surface area contributed by atoms with Gasteiger partial charge in [-0.2, -0.15) is 0 Å². The van der Waals surface area contributed by atoms with Gasteiger partial charge in [-0.05, 0) is 67.3 Å². The summed E-state index contributed by atoms with van der Waals surface area (Å²) in [6.45, 7) is 6.05. The van der Waals surface area contributed by atoms with Crippen LogP contribution in [0.5, 0.6) is 23.0 Å². The van der Waals surface area contributed by atoms with Crippen molar-refractivity contribution in [3.63, 3.8) is 0 Å². The summed E-state index contributed by atoms with van der Waals surface area (Å²) in [5, 5.41) is 10.7. The molecule has 7 heteroatoms. The molecule has 0 saturated heterocycles. The molecule has 0 unspecified atom stereocenters. The van der Waals surface area contributed by atoms with E-state index in [1.807, 2.05) is 50.3 Å². The van der Waals surface area contributed by atoms with Gasteiger partial charge in [-0.1, -0.05) is 37.6 Å². The lowest BCUT2D eigenvalue weighted by atomic mass is 9.97. The number of carboxylic acid groups (broad SMARTS) is 1. The third-order valence-corrected chi connectivity index (χ3v) is 6.34. The molecular weight excluding hydrogens is 496 g/mol. The zero-order chi connectivity index (χ0) is 28.1. The Morgan fingerprint density at radius 3 is 2.31 bits per heavy atom. The summed E-state index contributed by atoms with van der Waals surface area (Å²) in [4.78, 5) is 12.0. The van der Waals surface area contributed by atoms with Crippen molar-refractivity contribution in [3.8, 4) is 34.3 Å². The van der Waals surface area contributed by atoms with E-state index in [9.17, 15) is 9.90 Å². The molecule has 0 amide bonds. The summed E-state index contributed by atoms with van der Waals surface area (Å²) in [6.07, 6.45) is 5.46. The highest BCUT2D eigenvalue weighted by Gasteiger charge is 2.19. The summed E-state index contributed by atoms with van der Waals surface area (Å²) in [7, 11) is 4.59. The molecule has 0 bridgehead atoms. The number of aromatic carboxylic acids is 1. The Bertz CT molecular complexity index is 1510. The first-order valence-corrected chi connectivity index (χ1v) is 12.9. The third-order valence-electron chi connectivity index (χ3n) is 6.34. The first kappa shape index (κ1) is 27.6. The maximum atomic E-state index is 12.0. The maximum Gasteiger partial charge on any atom is 0.340 e. The van der Waals surface area contributed by atoms with Crippen molar-refractivity contribution < 1.29 is 33.3 Å². The number of furan rings is 1. The van der Waals surface area contributed by atoms with E-state index in [1.165, 1.54) is 14.2 Å². The van der Waals surface area contributed by atoms with Gasteiger partial charge in [-0.3, -0.25) is 0 Å². The lowest BCUT2D eigenvalue weighted by molar-refractivity contribution is 0.0693. The standard InChI is InChI=1S/C32H34O7/c1-7-8-21-15-22(27-17-24-13-14-26(36-5)31(30(24)39-27)38-19(2)3)11-9-20(21)10-12-23-16-25(35-4)18-28(37-6)29(23)32(33)34/h9-19H,7-8H2,1-6H3,(H,33,34). The lowest BCUT2D eigenvalue weighted by Gasteiger charge is -2.13. The fourth-order valence-electron chi connectivity index (χ4n) is 4.55.